The zero-order valence-corrected chi connectivity index (χ0v) is 16.9. The Balaban J connectivity index is 1.71. The van der Waals surface area contributed by atoms with Gasteiger partial charge in [-0.3, -0.25) is 14.5 Å². The van der Waals surface area contributed by atoms with Gasteiger partial charge in [0, 0.05) is 18.4 Å². The van der Waals surface area contributed by atoms with E-state index in [4.69, 9.17) is 16.3 Å². The zero-order valence-electron chi connectivity index (χ0n) is 16.1. The lowest BCUT2D eigenvalue weighted by molar-refractivity contribution is -0.269. The molecule has 28 heavy (non-hydrogen) atoms. The molecule has 152 valence electrons. The summed E-state index contributed by atoms with van der Waals surface area (Å²) in [6.07, 6.45) is 1.75. The Morgan fingerprint density at radius 3 is 2.64 bits per heavy atom. The van der Waals surface area contributed by atoms with Crippen LogP contribution in [0.15, 0.2) is 18.2 Å². The first-order valence-electron chi connectivity index (χ1n) is 10.1. The smallest absolute Gasteiger partial charge is 0.233 e. The molecule has 3 aliphatic rings. The second-order valence-corrected chi connectivity index (χ2v) is 8.61. The van der Waals surface area contributed by atoms with Crippen LogP contribution < -0.4 is 0 Å². The molecular formula is C21H26ClNO5. The maximum atomic E-state index is 13.1. The van der Waals surface area contributed by atoms with Crippen LogP contribution in [0.2, 0.25) is 5.02 Å². The van der Waals surface area contributed by atoms with Gasteiger partial charge in [0.25, 0.3) is 0 Å². The van der Waals surface area contributed by atoms with Crippen molar-refractivity contribution in [2.45, 2.75) is 51.4 Å². The number of nitrogens with zero attached hydrogens (tertiary/aromatic N) is 1. The molecule has 1 aromatic rings. The van der Waals surface area contributed by atoms with E-state index in [1.807, 2.05) is 13.8 Å². The molecule has 2 aliphatic heterocycles. The molecule has 4 rings (SSSR count). The molecule has 3 fully saturated rings. The third kappa shape index (κ3) is 2.77. The quantitative estimate of drug-likeness (QED) is 0.748. The number of fused-ring (bicyclic) bond motifs is 3. The van der Waals surface area contributed by atoms with Gasteiger partial charge in [0.1, 0.15) is 5.75 Å². The number of aromatic hydroxyl groups is 1. The van der Waals surface area contributed by atoms with E-state index in [2.05, 4.69) is 0 Å². The summed E-state index contributed by atoms with van der Waals surface area (Å²) in [5.41, 5.74) is 0.677. The molecule has 0 radical (unpaired) electrons. The number of hydrogen-bond acceptors (Lipinski definition) is 5. The molecule has 0 bridgehead atoms. The number of ether oxygens (including phenoxy) is 1. The van der Waals surface area contributed by atoms with E-state index in [0.717, 1.165) is 0 Å². The van der Waals surface area contributed by atoms with E-state index in [-0.39, 0.29) is 29.4 Å². The van der Waals surface area contributed by atoms with Crippen LogP contribution in [0, 0.1) is 23.7 Å². The number of benzene rings is 1. The highest BCUT2D eigenvalue weighted by Crippen LogP contribution is 2.59. The Hall–Kier alpha value is -1.63. The fourth-order valence-electron chi connectivity index (χ4n) is 5.43. The maximum absolute atomic E-state index is 13.1. The highest BCUT2D eigenvalue weighted by molar-refractivity contribution is 6.31. The Labute approximate surface area is 169 Å². The van der Waals surface area contributed by atoms with Crippen LogP contribution in [0.1, 0.15) is 51.2 Å². The van der Waals surface area contributed by atoms with Gasteiger partial charge in [-0.05, 0) is 43.4 Å². The van der Waals surface area contributed by atoms with Crippen LogP contribution in [0.5, 0.6) is 5.75 Å². The van der Waals surface area contributed by atoms with Crippen LogP contribution in [0.4, 0.5) is 0 Å². The highest BCUT2D eigenvalue weighted by Gasteiger charge is 2.66. The summed E-state index contributed by atoms with van der Waals surface area (Å²) in [5, 5.41) is 21.5. The van der Waals surface area contributed by atoms with Crippen molar-refractivity contribution >= 4 is 23.4 Å². The van der Waals surface area contributed by atoms with Gasteiger partial charge in [-0.1, -0.05) is 31.5 Å². The van der Waals surface area contributed by atoms with E-state index < -0.39 is 23.7 Å². The number of rotatable bonds is 4. The number of halogens is 1. The molecular weight excluding hydrogens is 382 g/mol. The standard InChI is InChI=1S/C21H26ClNO5/c1-3-7-23-19(25)14-8-11(4-2)21(27)15(18(14)20(23)26)10-17(28-21)13-6-5-12(24)9-16(13)22/h5-6,9,11,14-15,17-18,24,27H,3-4,7-8,10H2,1-2H3/t11-,14-,15-,17-,18-,21+/m0/s1. The zero-order chi connectivity index (χ0) is 20.2. The molecule has 1 saturated carbocycles. The van der Waals surface area contributed by atoms with E-state index in [1.54, 1.807) is 6.07 Å². The average molecular weight is 408 g/mol. The van der Waals surface area contributed by atoms with Crippen molar-refractivity contribution in [1.82, 2.24) is 4.90 Å². The van der Waals surface area contributed by atoms with Gasteiger partial charge in [-0.25, -0.2) is 0 Å². The molecule has 2 amide bonds. The first kappa shape index (κ1) is 19.7. The second-order valence-electron chi connectivity index (χ2n) is 8.21. The lowest BCUT2D eigenvalue weighted by Gasteiger charge is -2.44. The van der Waals surface area contributed by atoms with Crippen LogP contribution in [0.3, 0.4) is 0 Å². The van der Waals surface area contributed by atoms with Gasteiger partial charge in [0.15, 0.2) is 5.79 Å². The number of likely N-dealkylation sites (tertiary alicyclic amines) is 1. The Morgan fingerprint density at radius 1 is 1.25 bits per heavy atom. The third-order valence-electron chi connectivity index (χ3n) is 6.73. The molecule has 2 N–H and O–H groups in total. The van der Waals surface area contributed by atoms with E-state index in [0.29, 0.717) is 42.8 Å². The van der Waals surface area contributed by atoms with Crippen LogP contribution in [0.25, 0.3) is 0 Å². The minimum Gasteiger partial charge on any atom is -0.508 e. The minimum absolute atomic E-state index is 0.0566. The van der Waals surface area contributed by atoms with Crippen molar-refractivity contribution in [2.75, 3.05) is 6.54 Å². The molecule has 6 nitrogen and oxygen atoms in total. The monoisotopic (exact) mass is 407 g/mol. The molecule has 7 heteroatoms. The fraction of sp³-hybridized carbons (Fsp3) is 0.619. The predicted molar refractivity (Wildman–Crippen MR) is 102 cm³/mol. The van der Waals surface area contributed by atoms with Crippen LogP contribution in [-0.4, -0.2) is 39.3 Å². The highest BCUT2D eigenvalue weighted by atomic mass is 35.5. The number of carbonyl (C=O) groups is 2. The van der Waals surface area contributed by atoms with E-state index in [9.17, 15) is 19.8 Å². The van der Waals surface area contributed by atoms with Gasteiger partial charge in [-0.2, -0.15) is 0 Å². The summed E-state index contributed by atoms with van der Waals surface area (Å²) in [4.78, 5) is 27.3. The maximum Gasteiger partial charge on any atom is 0.233 e. The molecule has 0 unspecified atom stereocenters. The number of phenolic OH excluding ortho intramolecular Hbond substituents is 1. The fourth-order valence-corrected chi connectivity index (χ4v) is 5.72. The molecule has 2 saturated heterocycles. The van der Waals surface area contributed by atoms with Gasteiger partial charge in [-0.15, -0.1) is 0 Å². The van der Waals surface area contributed by atoms with Gasteiger partial charge in [0.05, 0.1) is 23.0 Å². The lowest BCUT2D eigenvalue weighted by atomic mass is 9.64. The topological polar surface area (TPSA) is 87.1 Å². The van der Waals surface area contributed by atoms with Gasteiger partial charge in [0.2, 0.25) is 11.8 Å². The number of phenols is 1. The summed E-state index contributed by atoms with van der Waals surface area (Å²) in [6, 6.07) is 4.66. The number of amides is 2. The van der Waals surface area contributed by atoms with Crippen molar-refractivity contribution in [3.05, 3.63) is 28.8 Å². The lowest BCUT2D eigenvalue weighted by Crippen LogP contribution is -2.53. The molecule has 1 aromatic carbocycles. The summed E-state index contributed by atoms with van der Waals surface area (Å²) in [6.45, 7) is 4.32. The van der Waals surface area contributed by atoms with Crippen molar-refractivity contribution in [3.8, 4) is 5.75 Å². The van der Waals surface area contributed by atoms with Crippen LogP contribution in [-0.2, 0) is 14.3 Å². The molecule has 1 aliphatic carbocycles. The molecule has 0 aromatic heterocycles. The Morgan fingerprint density at radius 2 is 2.00 bits per heavy atom. The summed E-state index contributed by atoms with van der Waals surface area (Å²) >= 11 is 6.30. The number of imide groups is 1. The number of carbonyl (C=O) groups excluding carboxylic acids is 2. The first-order valence-corrected chi connectivity index (χ1v) is 10.4. The largest absolute Gasteiger partial charge is 0.508 e. The van der Waals surface area contributed by atoms with Gasteiger partial charge < -0.3 is 14.9 Å². The SMILES string of the molecule is CCCN1C(=O)[C@H]2[C@H](C[C@H](CC)[C@@]3(O)O[C@H](c4ccc(O)cc4Cl)C[C@@H]23)C1=O. The third-order valence-corrected chi connectivity index (χ3v) is 7.05. The van der Waals surface area contributed by atoms with Gasteiger partial charge >= 0.3 is 0 Å². The second kappa shape index (κ2) is 7.01. The summed E-state index contributed by atoms with van der Waals surface area (Å²) < 4.78 is 6.16. The normalized spacial score (nSPS) is 37.3. The van der Waals surface area contributed by atoms with Crippen molar-refractivity contribution in [2.24, 2.45) is 23.7 Å². The van der Waals surface area contributed by atoms with E-state index in [1.165, 1.54) is 17.0 Å². The molecule has 0 spiro atoms. The van der Waals surface area contributed by atoms with E-state index >= 15 is 0 Å². The Kier molecular flexibility index (Phi) is 4.92. The molecule has 6 atom stereocenters. The first-order chi connectivity index (χ1) is 13.3. The summed E-state index contributed by atoms with van der Waals surface area (Å²) in [5.74, 6) is -3.30. The predicted octanol–water partition coefficient (Wildman–Crippen LogP) is 3.25. The molecule has 2 heterocycles. The Bertz CT molecular complexity index is 814. The van der Waals surface area contributed by atoms with Crippen LogP contribution >= 0.6 is 11.6 Å². The van der Waals surface area contributed by atoms with Crippen molar-refractivity contribution < 1.29 is 24.5 Å². The summed E-state index contributed by atoms with van der Waals surface area (Å²) in [7, 11) is 0. The number of aliphatic hydroxyl groups is 1. The minimum atomic E-state index is -1.46. The average Bonchev–Trinajstić information content (AvgIpc) is 3.11. The van der Waals surface area contributed by atoms with Crippen molar-refractivity contribution in [3.63, 3.8) is 0 Å². The van der Waals surface area contributed by atoms with Crippen molar-refractivity contribution in [1.29, 1.82) is 0 Å². The number of hydrogen-bond donors (Lipinski definition) is 2.